The largest absolute Gasteiger partial charge is 0.507 e. The number of phenolic OH excluding ortho intramolecular Hbond substituents is 1. The molecule has 3 rings (SSSR count). The zero-order valence-corrected chi connectivity index (χ0v) is 20.8. The van der Waals surface area contributed by atoms with E-state index in [2.05, 4.69) is 66.6 Å². The summed E-state index contributed by atoms with van der Waals surface area (Å²) in [6.45, 7) is 13.5. The molecule has 1 aliphatic carbocycles. The molecule has 0 amide bonds. The standard InChI is InChI=1S/C24H35BrN2O3/c1-23(2,3)18-9-14(10-19(21(18)29)24(4,5)6)20(28)13-27-12-15-8-16(30-7)11-17(15)22(27)26-25/h9-10,15-17,29H,8,11-13H2,1-7H3/t15-,16+,17-/m0/s1. The summed E-state index contributed by atoms with van der Waals surface area (Å²) >= 11 is 3.29. The summed E-state index contributed by atoms with van der Waals surface area (Å²) in [6, 6.07) is 3.74. The van der Waals surface area contributed by atoms with Crippen molar-refractivity contribution in [3.05, 3.63) is 28.8 Å². The van der Waals surface area contributed by atoms with Crippen LogP contribution in [-0.4, -0.2) is 47.9 Å². The van der Waals surface area contributed by atoms with Crippen molar-refractivity contribution in [1.29, 1.82) is 0 Å². The highest BCUT2D eigenvalue weighted by Crippen LogP contribution is 2.42. The Bertz CT molecular complexity index is 816. The van der Waals surface area contributed by atoms with E-state index in [4.69, 9.17) is 4.74 Å². The van der Waals surface area contributed by atoms with Gasteiger partial charge in [0.1, 0.15) is 11.6 Å². The molecule has 0 radical (unpaired) electrons. The molecule has 0 spiro atoms. The lowest BCUT2D eigenvalue weighted by Crippen LogP contribution is -2.34. The van der Waals surface area contributed by atoms with Crippen molar-refractivity contribution in [2.75, 3.05) is 20.2 Å². The predicted octanol–water partition coefficient (Wildman–Crippen LogP) is 5.24. The van der Waals surface area contributed by atoms with Crippen LogP contribution in [0.25, 0.3) is 0 Å². The number of benzene rings is 1. The molecular formula is C24H35BrN2O3. The van der Waals surface area contributed by atoms with Gasteiger partial charge < -0.3 is 14.7 Å². The third-order valence-corrected chi connectivity index (χ3v) is 6.93. The van der Waals surface area contributed by atoms with Crippen LogP contribution in [0.5, 0.6) is 5.75 Å². The summed E-state index contributed by atoms with van der Waals surface area (Å²) in [5.41, 5.74) is 1.76. The number of hydrogen-bond donors (Lipinski definition) is 1. The van der Waals surface area contributed by atoms with Crippen molar-refractivity contribution in [1.82, 2.24) is 4.90 Å². The minimum atomic E-state index is -0.261. The molecule has 1 aliphatic heterocycles. The van der Waals surface area contributed by atoms with E-state index in [1.165, 1.54) is 0 Å². The minimum absolute atomic E-state index is 0.0583. The monoisotopic (exact) mass is 478 g/mol. The van der Waals surface area contributed by atoms with Crippen LogP contribution in [0.4, 0.5) is 0 Å². The summed E-state index contributed by atoms with van der Waals surface area (Å²) in [4.78, 5) is 15.5. The number of likely N-dealkylation sites (tertiary alicyclic amines) is 1. The lowest BCUT2D eigenvalue weighted by Gasteiger charge is -2.28. The van der Waals surface area contributed by atoms with Gasteiger partial charge in [0.15, 0.2) is 5.78 Å². The van der Waals surface area contributed by atoms with E-state index in [-0.39, 0.29) is 22.7 Å². The third kappa shape index (κ3) is 4.45. The molecule has 5 nitrogen and oxygen atoms in total. The number of phenols is 1. The lowest BCUT2D eigenvalue weighted by molar-refractivity contribution is 0.0944. The highest BCUT2D eigenvalue weighted by atomic mass is 79.9. The van der Waals surface area contributed by atoms with E-state index in [1.807, 2.05) is 12.1 Å². The number of methoxy groups -OCH3 is 1. The van der Waals surface area contributed by atoms with Crippen molar-refractivity contribution in [3.63, 3.8) is 0 Å². The molecule has 2 fully saturated rings. The third-order valence-electron chi connectivity index (χ3n) is 6.56. The van der Waals surface area contributed by atoms with Crippen LogP contribution in [0, 0.1) is 11.8 Å². The summed E-state index contributed by atoms with van der Waals surface area (Å²) in [5.74, 6) is 2.14. The first kappa shape index (κ1) is 23.3. The minimum Gasteiger partial charge on any atom is -0.507 e. The Morgan fingerprint density at radius 2 is 1.73 bits per heavy atom. The molecule has 30 heavy (non-hydrogen) atoms. The fourth-order valence-electron chi connectivity index (χ4n) is 4.86. The number of Topliss-reactive ketones (excluding diaryl/α,β-unsaturated/α-hetero) is 1. The maximum Gasteiger partial charge on any atom is 0.182 e. The van der Waals surface area contributed by atoms with Gasteiger partial charge in [0, 0.05) is 36.3 Å². The number of carbonyl (C=O) groups excluding carboxylic acids is 1. The van der Waals surface area contributed by atoms with Crippen LogP contribution in [0.2, 0.25) is 0 Å². The van der Waals surface area contributed by atoms with Crippen LogP contribution < -0.4 is 0 Å². The van der Waals surface area contributed by atoms with Crippen molar-refractivity contribution < 1.29 is 14.6 Å². The number of aromatic hydroxyl groups is 1. The highest BCUT2D eigenvalue weighted by molar-refractivity contribution is 9.08. The number of ketones is 1. The predicted molar refractivity (Wildman–Crippen MR) is 125 cm³/mol. The van der Waals surface area contributed by atoms with Crippen molar-refractivity contribution in [2.45, 2.75) is 71.3 Å². The van der Waals surface area contributed by atoms with Gasteiger partial charge in [0.2, 0.25) is 0 Å². The number of halogens is 1. The van der Waals surface area contributed by atoms with Gasteiger partial charge in [-0.2, -0.15) is 4.02 Å². The maximum atomic E-state index is 13.4. The van der Waals surface area contributed by atoms with Gasteiger partial charge in [-0.25, -0.2) is 0 Å². The average molecular weight is 479 g/mol. The number of fused-ring (bicyclic) bond motifs is 1. The van der Waals surface area contributed by atoms with Gasteiger partial charge in [-0.15, -0.1) is 0 Å². The Kier molecular flexibility index (Phi) is 6.41. The first-order chi connectivity index (χ1) is 13.9. The van der Waals surface area contributed by atoms with Crippen molar-refractivity contribution in [3.8, 4) is 5.75 Å². The Labute approximate surface area is 189 Å². The van der Waals surface area contributed by atoms with Gasteiger partial charge in [-0.1, -0.05) is 41.5 Å². The van der Waals surface area contributed by atoms with Gasteiger partial charge in [-0.3, -0.25) is 4.79 Å². The van der Waals surface area contributed by atoms with E-state index in [9.17, 15) is 9.90 Å². The second-order valence-electron chi connectivity index (χ2n) is 10.9. The summed E-state index contributed by atoms with van der Waals surface area (Å²) in [7, 11) is 1.77. The Morgan fingerprint density at radius 1 is 1.17 bits per heavy atom. The highest BCUT2D eigenvalue weighted by Gasteiger charge is 2.45. The molecule has 1 heterocycles. The van der Waals surface area contributed by atoms with Crippen molar-refractivity contribution in [2.24, 2.45) is 15.9 Å². The topological polar surface area (TPSA) is 62.1 Å². The SMILES string of the molecule is CO[C@@H]1C[C@H]2CN(CC(=O)c3cc(C(C)(C)C)c(O)c(C(C)(C)C)c3)C(=NBr)[C@H]2C1. The molecule has 166 valence electrons. The molecule has 0 unspecified atom stereocenters. The molecule has 1 saturated carbocycles. The molecule has 6 heteroatoms. The average Bonchev–Trinajstić information content (AvgIpc) is 3.16. The van der Waals surface area contributed by atoms with Crippen molar-refractivity contribution >= 4 is 27.8 Å². The van der Waals surface area contributed by atoms with Gasteiger partial charge in [0.25, 0.3) is 0 Å². The number of carbonyl (C=O) groups is 1. The number of nitrogens with zero attached hydrogens (tertiary/aromatic N) is 2. The maximum absolute atomic E-state index is 13.4. The first-order valence-corrected chi connectivity index (χ1v) is 11.5. The Morgan fingerprint density at radius 3 is 2.20 bits per heavy atom. The van der Waals surface area contributed by atoms with Gasteiger partial charge in [-0.05, 0) is 41.7 Å². The fraction of sp³-hybridized carbons (Fsp3) is 0.667. The van der Waals surface area contributed by atoms with Crippen LogP contribution >= 0.6 is 16.1 Å². The van der Waals surface area contributed by atoms with Crippen LogP contribution in [0.1, 0.15) is 75.9 Å². The van der Waals surface area contributed by atoms with Crippen LogP contribution in [0.3, 0.4) is 0 Å². The van der Waals surface area contributed by atoms with E-state index >= 15 is 0 Å². The van der Waals surface area contributed by atoms with Gasteiger partial charge >= 0.3 is 0 Å². The Balaban J connectivity index is 1.89. The van der Waals surface area contributed by atoms with E-state index in [0.29, 0.717) is 29.7 Å². The number of ether oxygens (including phenoxy) is 1. The molecule has 0 aromatic heterocycles. The van der Waals surface area contributed by atoms with Gasteiger partial charge in [0.05, 0.1) is 28.8 Å². The van der Waals surface area contributed by atoms with Crippen LogP contribution in [0.15, 0.2) is 16.2 Å². The smallest absolute Gasteiger partial charge is 0.182 e. The lowest BCUT2D eigenvalue weighted by atomic mass is 9.78. The van der Waals surface area contributed by atoms with E-state index in [0.717, 1.165) is 36.3 Å². The summed E-state index contributed by atoms with van der Waals surface area (Å²) < 4.78 is 9.91. The molecule has 1 aromatic carbocycles. The molecule has 3 atom stereocenters. The second-order valence-corrected chi connectivity index (χ2v) is 11.2. The number of hydrogen-bond acceptors (Lipinski definition) is 4. The molecule has 1 N–H and O–H groups in total. The number of rotatable bonds is 4. The Hall–Kier alpha value is -1.40. The molecular weight excluding hydrogens is 444 g/mol. The molecule has 2 aliphatic rings. The first-order valence-electron chi connectivity index (χ1n) is 10.7. The van der Waals surface area contributed by atoms with E-state index in [1.54, 1.807) is 7.11 Å². The molecule has 1 aromatic rings. The zero-order chi connectivity index (χ0) is 22.4. The number of amidine groups is 1. The fourth-order valence-corrected chi connectivity index (χ4v) is 5.35. The van der Waals surface area contributed by atoms with Crippen LogP contribution in [-0.2, 0) is 15.6 Å². The second kappa shape index (κ2) is 8.27. The quantitative estimate of drug-likeness (QED) is 0.601. The molecule has 1 saturated heterocycles. The zero-order valence-electron chi connectivity index (χ0n) is 19.3. The molecule has 0 bridgehead atoms. The summed E-state index contributed by atoms with van der Waals surface area (Å²) in [5, 5.41) is 10.9. The van der Waals surface area contributed by atoms with E-state index < -0.39 is 0 Å². The normalized spacial score (nSPS) is 25.8. The summed E-state index contributed by atoms with van der Waals surface area (Å²) in [6.07, 6.45) is 2.25.